The normalized spacial score (nSPS) is 15.2. The van der Waals surface area contributed by atoms with Crippen LogP contribution in [0, 0.1) is 17.2 Å². The highest BCUT2D eigenvalue weighted by Gasteiger charge is 2.25. The van der Waals surface area contributed by atoms with Crippen LogP contribution in [-0.2, 0) is 10.0 Å². The van der Waals surface area contributed by atoms with Crippen LogP contribution in [0.25, 0.3) is 0 Å². The van der Waals surface area contributed by atoms with Crippen LogP contribution >= 0.6 is 11.6 Å². The second kappa shape index (κ2) is 8.73. The Morgan fingerprint density at radius 2 is 2.04 bits per heavy atom. The van der Waals surface area contributed by atoms with Gasteiger partial charge in [0.15, 0.2) is 11.5 Å². The Labute approximate surface area is 169 Å². The van der Waals surface area contributed by atoms with E-state index in [4.69, 9.17) is 21.6 Å². The molecule has 1 aromatic heterocycles. The molecule has 1 saturated heterocycles. The van der Waals surface area contributed by atoms with E-state index >= 15 is 0 Å². The van der Waals surface area contributed by atoms with Crippen LogP contribution in [0.15, 0.2) is 35.5 Å². The fourth-order valence-electron chi connectivity index (χ4n) is 3.16. The molecule has 0 aliphatic carbocycles. The van der Waals surface area contributed by atoms with Gasteiger partial charge in [-0.05, 0) is 37.0 Å². The molecule has 2 aromatic rings. The quantitative estimate of drug-likeness (QED) is 0.761. The monoisotopic (exact) mass is 421 g/mol. The molecule has 1 aliphatic heterocycles. The van der Waals surface area contributed by atoms with E-state index in [1.807, 2.05) is 4.90 Å². The van der Waals surface area contributed by atoms with Gasteiger partial charge in [-0.25, -0.2) is 23.1 Å². The number of aromatic nitrogens is 2. The average Bonchev–Trinajstić information content (AvgIpc) is 2.72. The molecular weight excluding hydrogens is 402 g/mol. The third-order valence-corrected chi connectivity index (χ3v) is 6.36. The zero-order valence-electron chi connectivity index (χ0n) is 15.3. The van der Waals surface area contributed by atoms with E-state index in [1.54, 1.807) is 12.3 Å². The Morgan fingerprint density at radius 3 is 2.71 bits per heavy atom. The van der Waals surface area contributed by atoms with Gasteiger partial charge >= 0.3 is 0 Å². The summed E-state index contributed by atoms with van der Waals surface area (Å²) in [4.78, 5) is 10.3. The molecule has 8 nitrogen and oxygen atoms in total. The van der Waals surface area contributed by atoms with Crippen molar-refractivity contribution in [2.45, 2.75) is 17.7 Å². The van der Waals surface area contributed by atoms with Crippen LogP contribution < -0.4 is 14.4 Å². The van der Waals surface area contributed by atoms with E-state index in [2.05, 4.69) is 20.8 Å². The van der Waals surface area contributed by atoms with Crippen molar-refractivity contribution in [1.29, 1.82) is 5.26 Å². The van der Waals surface area contributed by atoms with Crippen LogP contribution in [0.3, 0.4) is 0 Å². The minimum Gasteiger partial charge on any atom is -0.495 e. The SMILES string of the molecule is COc1ccc(Cl)cc1S(=O)(=O)NCC1CCN(c2nccnc2C#N)CC1. The van der Waals surface area contributed by atoms with Crippen molar-refractivity contribution >= 4 is 27.4 Å². The molecule has 0 unspecified atom stereocenters. The zero-order valence-corrected chi connectivity index (χ0v) is 16.9. The molecule has 1 aromatic carbocycles. The van der Waals surface area contributed by atoms with Crippen molar-refractivity contribution in [3.63, 3.8) is 0 Å². The number of benzene rings is 1. The van der Waals surface area contributed by atoms with Gasteiger partial charge in [0.2, 0.25) is 10.0 Å². The van der Waals surface area contributed by atoms with Crippen LogP contribution in [0.1, 0.15) is 18.5 Å². The zero-order chi connectivity index (χ0) is 20.1. The largest absolute Gasteiger partial charge is 0.495 e. The number of piperidine rings is 1. The summed E-state index contributed by atoms with van der Waals surface area (Å²) >= 11 is 5.94. The van der Waals surface area contributed by atoms with Gasteiger partial charge in [0, 0.05) is 37.1 Å². The number of nitrogens with one attached hydrogen (secondary N) is 1. The number of nitrogens with zero attached hydrogens (tertiary/aromatic N) is 4. The summed E-state index contributed by atoms with van der Waals surface area (Å²) in [6, 6.07) is 6.54. The lowest BCUT2D eigenvalue weighted by molar-refractivity contribution is 0.395. The Kier molecular flexibility index (Phi) is 6.34. The van der Waals surface area contributed by atoms with Crippen LogP contribution in [0.5, 0.6) is 5.75 Å². The molecule has 0 radical (unpaired) electrons. The van der Waals surface area contributed by atoms with Crippen molar-refractivity contribution in [3.8, 4) is 11.8 Å². The number of rotatable bonds is 6. The Bertz CT molecular complexity index is 985. The van der Waals surface area contributed by atoms with Crippen molar-refractivity contribution in [2.24, 2.45) is 5.92 Å². The minimum atomic E-state index is -3.74. The highest BCUT2D eigenvalue weighted by molar-refractivity contribution is 7.89. The van der Waals surface area contributed by atoms with Crippen molar-refractivity contribution in [2.75, 3.05) is 31.6 Å². The molecule has 0 spiro atoms. The van der Waals surface area contributed by atoms with Gasteiger partial charge in [-0.1, -0.05) is 11.6 Å². The molecule has 1 aliphatic rings. The van der Waals surface area contributed by atoms with Gasteiger partial charge in [-0.3, -0.25) is 0 Å². The Balaban J connectivity index is 1.61. The highest BCUT2D eigenvalue weighted by atomic mass is 35.5. The van der Waals surface area contributed by atoms with Crippen molar-refractivity contribution < 1.29 is 13.2 Å². The highest BCUT2D eigenvalue weighted by Crippen LogP contribution is 2.28. The molecule has 0 bridgehead atoms. The molecule has 10 heteroatoms. The molecule has 148 valence electrons. The molecule has 0 atom stereocenters. The third kappa shape index (κ3) is 4.52. The number of methoxy groups -OCH3 is 1. The fourth-order valence-corrected chi connectivity index (χ4v) is 4.70. The number of hydrogen-bond donors (Lipinski definition) is 1. The maximum Gasteiger partial charge on any atom is 0.244 e. The summed E-state index contributed by atoms with van der Waals surface area (Å²) in [6.07, 6.45) is 4.61. The molecule has 1 N–H and O–H groups in total. The van der Waals surface area contributed by atoms with Gasteiger partial charge in [0.25, 0.3) is 0 Å². The number of nitriles is 1. The summed E-state index contributed by atoms with van der Waals surface area (Å²) in [5.74, 6) is 1.00. The predicted octanol–water partition coefficient (Wildman–Crippen LogP) is 2.21. The molecular formula is C18H20ClN5O3S. The van der Waals surface area contributed by atoms with Gasteiger partial charge in [-0.2, -0.15) is 5.26 Å². The summed E-state index contributed by atoms with van der Waals surface area (Å²) < 4.78 is 33.1. The van der Waals surface area contributed by atoms with Crippen LogP contribution in [0.2, 0.25) is 5.02 Å². The second-order valence-electron chi connectivity index (χ2n) is 6.42. The average molecular weight is 422 g/mol. The number of hydrogen-bond acceptors (Lipinski definition) is 7. The van der Waals surface area contributed by atoms with E-state index in [0.717, 1.165) is 12.8 Å². The lowest BCUT2D eigenvalue weighted by Crippen LogP contribution is -2.39. The maximum atomic E-state index is 12.7. The van der Waals surface area contributed by atoms with Crippen LogP contribution in [0.4, 0.5) is 5.82 Å². The molecule has 0 amide bonds. The standard InChI is InChI=1S/C18H20ClN5O3S/c1-27-16-3-2-14(19)10-17(16)28(25,26)23-12-13-4-8-24(9-5-13)18-15(11-20)21-6-7-22-18/h2-3,6-7,10,13,23H,4-5,8-9,12H2,1H3. The van der Waals surface area contributed by atoms with Crippen molar-refractivity contribution in [1.82, 2.24) is 14.7 Å². The van der Waals surface area contributed by atoms with E-state index in [-0.39, 0.29) is 16.6 Å². The van der Waals surface area contributed by atoms with Gasteiger partial charge in [0.1, 0.15) is 16.7 Å². The predicted molar refractivity (Wildman–Crippen MR) is 105 cm³/mol. The smallest absolute Gasteiger partial charge is 0.244 e. The molecule has 3 rings (SSSR count). The van der Waals surface area contributed by atoms with Gasteiger partial charge in [0.05, 0.1) is 7.11 Å². The molecule has 1 fully saturated rings. The summed E-state index contributed by atoms with van der Waals surface area (Å²) in [5.41, 5.74) is 0.301. The van der Waals surface area contributed by atoms with E-state index in [1.165, 1.54) is 25.4 Å². The first kappa shape index (κ1) is 20.3. The first-order valence-corrected chi connectivity index (χ1v) is 10.6. The molecule has 0 saturated carbocycles. The van der Waals surface area contributed by atoms with Crippen LogP contribution in [-0.4, -0.2) is 45.1 Å². The first-order valence-electron chi connectivity index (χ1n) is 8.74. The lowest BCUT2D eigenvalue weighted by Gasteiger charge is -2.32. The summed E-state index contributed by atoms with van der Waals surface area (Å²) in [5, 5.41) is 9.50. The molecule has 28 heavy (non-hydrogen) atoms. The fraction of sp³-hybridized carbons (Fsp3) is 0.389. The number of anilines is 1. The van der Waals surface area contributed by atoms with Gasteiger partial charge in [-0.15, -0.1) is 0 Å². The number of sulfonamides is 1. The third-order valence-electron chi connectivity index (χ3n) is 4.68. The van der Waals surface area contributed by atoms with Crippen molar-refractivity contribution in [3.05, 3.63) is 41.3 Å². The topological polar surface area (TPSA) is 108 Å². The second-order valence-corrected chi connectivity index (χ2v) is 8.59. The Morgan fingerprint density at radius 1 is 1.32 bits per heavy atom. The van der Waals surface area contributed by atoms with Gasteiger partial charge < -0.3 is 9.64 Å². The number of ether oxygens (including phenoxy) is 1. The number of halogens is 1. The van der Waals surface area contributed by atoms with E-state index < -0.39 is 10.0 Å². The van der Waals surface area contributed by atoms with E-state index in [9.17, 15) is 8.42 Å². The lowest BCUT2D eigenvalue weighted by atomic mass is 9.97. The summed E-state index contributed by atoms with van der Waals surface area (Å²) in [6.45, 7) is 1.68. The van der Waals surface area contributed by atoms with E-state index in [0.29, 0.717) is 36.2 Å². The molecule has 2 heterocycles. The minimum absolute atomic E-state index is 0.0261. The summed E-state index contributed by atoms with van der Waals surface area (Å²) in [7, 11) is -2.32. The first-order chi connectivity index (χ1) is 13.4. The maximum absolute atomic E-state index is 12.7. The Hall–Kier alpha value is -2.41.